The normalized spacial score (nSPS) is 19.0. The molecule has 112 valence electrons. The van der Waals surface area contributed by atoms with Gasteiger partial charge in [-0.3, -0.25) is 4.79 Å². The fourth-order valence-electron chi connectivity index (χ4n) is 3.14. The van der Waals surface area contributed by atoms with Crippen molar-refractivity contribution in [1.29, 1.82) is 0 Å². The third-order valence-electron chi connectivity index (χ3n) is 4.15. The highest BCUT2D eigenvalue weighted by molar-refractivity contribution is 7.20. The molecule has 0 aliphatic heterocycles. The molecule has 0 spiro atoms. The fraction of sp³-hybridized carbons (Fsp3) is 0.643. The highest BCUT2D eigenvalue weighted by atomic mass is 35.5. The van der Waals surface area contributed by atoms with Gasteiger partial charge in [0.05, 0.1) is 22.2 Å². The van der Waals surface area contributed by atoms with Gasteiger partial charge in [-0.1, -0.05) is 36.0 Å². The van der Waals surface area contributed by atoms with Gasteiger partial charge in [-0.05, 0) is 36.3 Å². The van der Waals surface area contributed by atoms with Crippen molar-refractivity contribution in [3.05, 3.63) is 20.3 Å². The third kappa shape index (κ3) is 3.67. The number of hydrogen-bond donors (Lipinski definition) is 1. The van der Waals surface area contributed by atoms with E-state index < -0.39 is 0 Å². The molecule has 0 bridgehead atoms. The van der Waals surface area contributed by atoms with Crippen LogP contribution in [-0.2, 0) is 9.53 Å². The van der Waals surface area contributed by atoms with Crippen molar-refractivity contribution in [2.24, 2.45) is 11.1 Å². The third-order valence-corrected chi connectivity index (χ3v) is 5.66. The molecule has 20 heavy (non-hydrogen) atoms. The average molecular weight is 336 g/mol. The van der Waals surface area contributed by atoms with Crippen LogP contribution in [0.2, 0.25) is 8.67 Å². The molecule has 0 amide bonds. The maximum atomic E-state index is 11.7. The zero-order valence-electron chi connectivity index (χ0n) is 11.5. The van der Waals surface area contributed by atoms with Gasteiger partial charge in [-0.15, -0.1) is 11.3 Å². The van der Waals surface area contributed by atoms with Gasteiger partial charge in [0, 0.05) is 6.04 Å². The summed E-state index contributed by atoms with van der Waals surface area (Å²) >= 11 is 13.5. The zero-order chi connectivity index (χ0) is 14.8. The number of esters is 1. The van der Waals surface area contributed by atoms with E-state index in [-0.39, 0.29) is 17.4 Å². The lowest BCUT2D eigenvalue weighted by Gasteiger charge is -2.30. The summed E-state index contributed by atoms with van der Waals surface area (Å²) in [5.41, 5.74) is 7.14. The molecular weight excluding hydrogens is 317 g/mol. The van der Waals surface area contributed by atoms with Gasteiger partial charge in [0.1, 0.15) is 0 Å². The van der Waals surface area contributed by atoms with Crippen molar-refractivity contribution >= 4 is 40.5 Å². The average Bonchev–Trinajstić information content (AvgIpc) is 2.96. The van der Waals surface area contributed by atoms with Crippen LogP contribution in [-0.4, -0.2) is 13.1 Å². The second kappa shape index (κ2) is 6.65. The number of hydrogen-bond acceptors (Lipinski definition) is 4. The van der Waals surface area contributed by atoms with Crippen molar-refractivity contribution in [3.63, 3.8) is 0 Å². The molecule has 1 heterocycles. The molecule has 1 aliphatic carbocycles. The summed E-state index contributed by atoms with van der Waals surface area (Å²) in [6, 6.07) is 1.65. The predicted octanol–water partition coefficient (Wildman–Crippen LogP) is 4.57. The number of carbonyl (C=O) groups excluding carboxylic acids is 1. The number of rotatable bonds is 5. The molecular formula is C14H19Cl2NO2S. The Balaban J connectivity index is 2.12. The number of ether oxygens (including phenoxy) is 1. The molecule has 1 atom stereocenters. The van der Waals surface area contributed by atoms with Gasteiger partial charge in [0.15, 0.2) is 0 Å². The van der Waals surface area contributed by atoms with Crippen molar-refractivity contribution in [2.75, 3.05) is 7.11 Å². The number of methoxy groups -OCH3 is 1. The minimum atomic E-state index is -0.186. The van der Waals surface area contributed by atoms with Crippen molar-refractivity contribution in [3.8, 4) is 0 Å². The summed E-state index contributed by atoms with van der Waals surface area (Å²) in [6.45, 7) is 0. The number of thiophene rings is 1. The van der Waals surface area contributed by atoms with E-state index in [0.29, 0.717) is 15.1 Å². The van der Waals surface area contributed by atoms with E-state index in [1.165, 1.54) is 18.4 Å². The van der Waals surface area contributed by atoms with Crippen LogP contribution in [0.5, 0.6) is 0 Å². The minimum absolute atomic E-state index is 0.0513. The monoisotopic (exact) mass is 335 g/mol. The lowest BCUT2D eigenvalue weighted by molar-refractivity contribution is -0.143. The second-order valence-electron chi connectivity index (χ2n) is 5.55. The van der Waals surface area contributed by atoms with Gasteiger partial charge < -0.3 is 10.5 Å². The Bertz CT molecular complexity index is 484. The first kappa shape index (κ1) is 16.1. The Morgan fingerprint density at radius 2 is 2.15 bits per heavy atom. The smallest absolute Gasteiger partial charge is 0.306 e. The van der Waals surface area contributed by atoms with Crippen LogP contribution in [0.3, 0.4) is 0 Å². The van der Waals surface area contributed by atoms with Gasteiger partial charge in [0.2, 0.25) is 0 Å². The molecule has 1 unspecified atom stereocenters. The van der Waals surface area contributed by atoms with E-state index in [2.05, 4.69) is 0 Å². The summed E-state index contributed by atoms with van der Waals surface area (Å²) in [6.07, 6.45) is 5.50. The molecule has 1 aliphatic rings. The Kier molecular flexibility index (Phi) is 5.35. The Morgan fingerprint density at radius 1 is 1.50 bits per heavy atom. The Hall–Kier alpha value is -0.290. The summed E-state index contributed by atoms with van der Waals surface area (Å²) in [7, 11) is 1.43. The first-order chi connectivity index (χ1) is 9.46. The van der Waals surface area contributed by atoms with E-state index in [1.807, 2.05) is 6.07 Å². The summed E-state index contributed by atoms with van der Waals surface area (Å²) in [5, 5.41) is 0. The van der Waals surface area contributed by atoms with Crippen LogP contribution >= 0.6 is 34.5 Å². The predicted molar refractivity (Wildman–Crippen MR) is 83.4 cm³/mol. The van der Waals surface area contributed by atoms with Gasteiger partial charge in [0.25, 0.3) is 0 Å². The van der Waals surface area contributed by atoms with Crippen LogP contribution in [0.25, 0.3) is 0 Å². The first-order valence-electron chi connectivity index (χ1n) is 6.73. The Labute approximate surface area is 133 Å². The number of nitrogens with two attached hydrogens (primary N) is 1. The highest BCUT2D eigenvalue weighted by Gasteiger charge is 2.38. The molecule has 3 nitrogen and oxygen atoms in total. The van der Waals surface area contributed by atoms with Crippen LogP contribution in [0.4, 0.5) is 0 Å². The largest absolute Gasteiger partial charge is 0.469 e. The molecule has 1 aromatic rings. The van der Waals surface area contributed by atoms with Crippen LogP contribution < -0.4 is 5.73 Å². The molecule has 0 saturated heterocycles. The van der Waals surface area contributed by atoms with E-state index >= 15 is 0 Å². The van der Waals surface area contributed by atoms with Crippen LogP contribution in [0.1, 0.15) is 50.1 Å². The standard InChI is InChI=1S/C14H19Cl2NO2S/c1-19-12(18)8-14(4-2-3-5-14)7-10(17)9-6-11(15)20-13(9)16/h6,10H,2-5,7-8,17H2,1H3. The molecule has 1 fully saturated rings. The van der Waals surface area contributed by atoms with Gasteiger partial charge >= 0.3 is 5.97 Å². The quantitative estimate of drug-likeness (QED) is 0.802. The second-order valence-corrected chi connectivity index (χ2v) is 7.84. The van der Waals surface area contributed by atoms with Gasteiger partial charge in [-0.25, -0.2) is 0 Å². The van der Waals surface area contributed by atoms with Crippen LogP contribution in [0, 0.1) is 5.41 Å². The highest BCUT2D eigenvalue weighted by Crippen LogP contribution is 2.48. The van der Waals surface area contributed by atoms with Crippen molar-refractivity contribution < 1.29 is 9.53 Å². The number of halogens is 2. The molecule has 6 heteroatoms. The van der Waals surface area contributed by atoms with E-state index in [4.69, 9.17) is 33.7 Å². The molecule has 1 aromatic heterocycles. The molecule has 1 saturated carbocycles. The van der Waals surface area contributed by atoms with E-state index in [0.717, 1.165) is 37.7 Å². The molecule has 2 N–H and O–H groups in total. The van der Waals surface area contributed by atoms with Crippen LogP contribution in [0.15, 0.2) is 6.07 Å². The minimum Gasteiger partial charge on any atom is -0.469 e. The van der Waals surface area contributed by atoms with E-state index in [1.54, 1.807) is 0 Å². The SMILES string of the molecule is COC(=O)CC1(CC(N)c2cc(Cl)sc2Cl)CCCC1. The summed E-state index contributed by atoms with van der Waals surface area (Å²) in [5.74, 6) is -0.159. The fourth-order valence-corrected chi connectivity index (χ4v) is 4.74. The molecule has 0 aromatic carbocycles. The maximum Gasteiger partial charge on any atom is 0.306 e. The Morgan fingerprint density at radius 3 is 2.65 bits per heavy atom. The van der Waals surface area contributed by atoms with Crippen molar-refractivity contribution in [1.82, 2.24) is 0 Å². The summed E-state index contributed by atoms with van der Waals surface area (Å²) < 4.78 is 6.12. The lowest BCUT2D eigenvalue weighted by Crippen LogP contribution is -2.27. The zero-order valence-corrected chi connectivity index (χ0v) is 13.8. The topological polar surface area (TPSA) is 52.3 Å². The summed E-state index contributed by atoms with van der Waals surface area (Å²) in [4.78, 5) is 11.7. The van der Waals surface area contributed by atoms with E-state index in [9.17, 15) is 4.79 Å². The first-order valence-corrected chi connectivity index (χ1v) is 8.30. The van der Waals surface area contributed by atoms with Crippen molar-refractivity contribution in [2.45, 2.75) is 44.6 Å². The maximum absolute atomic E-state index is 11.7. The molecule has 0 radical (unpaired) electrons. The van der Waals surface area contributed by atoms with Gasteiger partial charge in [-0.2, -0.15) is 0 Å². The number of carbonyl (C=O) groups is 1. The molecule has 2 rings (SSSR count). The lowest BCUT2D eigenvalue weighted by atomic mass is 9.76.